The van der Waals surface area contributed by atoms with Gasteiger partial charge in [0.25, 0.3) is 0 Å². The van der Waals surface area contributed by atoms with Crippen molar-refractivity contribution in [2.45, 2.75) is 39.0 Å². The lowest BCUT2D eigenvalue weighted by Crippen LogP contribution is -2.26. The number of aliphatic hydroxyl groups excluding tert-OH is 1. The average Bonchev–Trinajstić information content (AvgIpc) is 3.08. The van der Waals surface area contributed by atoms with Crippen LogP contribution in [0.5, 0.6) is 5.75 Å². The second-order valence-electron chi connectivity index (χ2n) is 7.41. The lowest BCUT2D eigenvalue weighted by Gasteiger charge is -2.26. The molecule has 4 rings (SSSR count). The van der Waals surface area contributed by atoms with Crippen LogP contribution in [-0.4, -0.2) is 56.6 Å². The van der Waals surface area contributed by atoms with Crippen LogP contribution in [0.25, 0.3) is 11.0 Å². The summed E-state index contributed by atoms with van der Waals surface area (Å²) in [5.74, 6) is 1.28. The molecule has 3 heterocycles. The van der Waals surface area contributed by atoms with E-state index in [-0.39, 0.29) is 6.10 Å². The number of ether oxygens (including phenoxy) is 1. The van der Waals surface area contributed by atoms with Crippen LogP contribution < -0.4 is 10.1 Å². The number of aliphatic hydroxyl groups is 1. The molecule has 2 aromatic heterocycles. The summed E-state index contributed by atoms with van der Waals surface area (Å²) in [7, 11) is 3.81. The highest BCUT2D eigenvalue weighted by atomic mass is 16.5. The molecule has 1 aromatic carbocycles. The second kappa shape index (κ2) is 7.73. The molecule has 0 fully saturated rings. The first-order valence-electron chi connectivity index (χ1n) is 9.55. The summed E-state index contributed by atoms with van der Waals surface area (Å²) in [6, 6.07) is 4.23. The highest BCUT2D eigenvalue weighted by Gasteiger charge is 2.17. The van der Waals surface area contributed by atoms with Crippen molar-refractivity contribution in [1.82, 2.24) is 24.6 Å². The van der Waals surface area contributed by atoms with Crippen LogP contribution in [0, 0.1) is 0 Å². The number of aromatic nitrogens is 4. The fraction of sp³-hybridized carbons (Fsp3) is 0.450. The van der Waals surface area contributed by atoms with Crippen molar-refractivity contribution in [1.29, 1.82) is 0 Å². The Labute approximate surface area is 164 Å². The Morgan fingerprint density at radius 3 is 2.93 bits per heavy atom. The molecule has 8 nitrogen and oxygen atoms in total. The molecule has 0 saturated heterocycles. The predicted molar refractivity (Wildman–Crippen MR) is 108 cm³/mol. The van der Waals surface area contributed by atoms with Gasteiger partial charge in [0.05, 0.1) is 30.5 Å². The van der Waals surface area contributed by atoms with Gasteiger partial charge in [0.1, 0.15) is 5.75 Å². The summed E-state index contributed by atoms with van der Waals surface area (Å²) in [5, 5.41) is 18.1. The molecule has 2 N–H and O–H groups in total. The van der Waals surface area contributed by atoms with E-state index in [2.05, 4.69) is 44.5 Å². The molecule has 0 aliphatic carbocycles. The number of anilines is 2. The van der Waals surface area contributed by atoms with Gasteiger partial charge >= 0.3 is 0 Å². The monoisotopic (exact) mass is 382 g/mol. The highest BCUT2D eigenvalue weighted by molar-refractivity contribution is 5.76. The minimum atomic E-state index is -0.378. The summed E-state index contributed by atoms with van der Waals surface area (Å²) in [4.78, 5) is 11.4. The maximum atomic E-state index is 9.54. The fourth-order valence-corrected chi connectivity index (χ4v) is 3.51. The molecule has 0 spiro atoms. The molecule has 1 aliphatic heterocycles. The number of aryl methyl sites for hydroxylation is 1. The Kier molecular flexibility index (Phi) is 5.15. The molecule has 8 heteroatoms. The van der Waals surface area contributed by atoms with Gasteiger partial charge < -0.3 is 20.1 Å². The van der Waals surface area contributed by atoms with E-state index in [1.807, 2.05) is 0 Å². The first kappa shape index (κ1) is 18.6. The van der Waals surface area contributed by atoms with Crippen molar-refractivity contribution >= 4 is 22.7 Å². The number of benzene rings is 1. The minimum Gasteiger partial charge on any atom is -0.495 e. The van der Waals surface area contributed by atoms with Gasteiger partial charge in [-0.1, -0.05) is 0 Å². The lowest BCUT2D eigenvalue weighted by molar-refractivity contribution is 0.177. The SMILES string of the molecule is COc1cc2c(cc1Nc1ncc3cnn(CC[C@H](C)O)c3n1)CN(C)CC2. The molecule has 0 bridgehead atoms. The van der Waals surface area contributed by atoms with E-state index < -0.39 is 0 Å². The topological polar surface area (TPSA) is 88.3 Å². The predicted octanol–water partition coefficient (Wildman–Crippen LogP) is 2.34. The maximum absolute atomic E-state index is 9.54. The largest absolute Gasteiger partial charge is 0.495 e. The minimum absolute atomic E-state index is 0.378. The number of hydrogen-bond donors (Lipinski definition) is 2. The van der Waals surface area contributed by atoms with Gasteiger partial charge in [-0.25, -0.2) is 9.67 Å². The van der Waals surface area contributed by atoms with Crippen LogP contribution >= 0.6 is 0 Å². The van der Waals surface area contributed by atoms with Crippen LogP contribution in [0.15, 0.2) is 24.5 Å². The zero-order chi connectivity index (χ0) is 19.7. The number of nitrogens with one attached hydrogen (secondary N) is 1. The molecular formula is C20H26N6O2. The summed E-state index contributed by atoms with van der Waals surface area (Å²) in [6.45, 7) is 4.35. The zero-order valence-electron chi connectivity index (χ0n) is 16.5. The molecule has 0 amide bonds. The van der Waals surface area contributed by atoms with Gasteiger partial charge in [-0.15, -0.1) is 0 Å². The number of methoxy groups -OCH3 is 1. The number of likely N-dealkylation sites (N-methyl/N-ethyl adjacent to an activating group) is 1. The first-order chi connectivity index (χ1) is 13.5. The average molecular weight is 382 g/mol. The van der Waals surface area contributed by atoms with Crippen molar-refractivity contribution in [3.8, 4) is 5.75 Å². The van der Waals surface area contributed by atoms with E-state index in [0.717, 1.165) is 42.0 Å². The van der Waals surface area contributed by atoms with Crippen LogP contribution in [0.4, 0.5) is 11.6 Å². The Balaban J connectivity index is 1.64. The van der Waals surface area contributed by atoms with Gasteiger partial charge in [0.2, 0.25) is 5.95 Å². The summed E-state index contributed by atoms with van der Waals surface area (Å²) >= 11 is 0. The third-order valence-electron chi connectivity index (χ3n) is 5.11. The Hall–Kier alpha value is -2.71. The number of nitrogens with zero attached hydrogens (tertiary/aromatic N) is 5. The summed E-state index contributed by atoms with van der Waals surface area (Å²) < 4.78 is 7.39. The molecule has 0 saturated carbocycles. The number of rotatable bonds is 6. The fourth-order valence-electron chi connectivity index (χ4n) is 3.51. The molecule has 0 radical (unpaired) electrons. The number of hydrogen-bond acceptors (Lipinski definition) is 7. The van der Waals surface area contributed by atoms with Gasteiger partial charge in [-0.3, -0.25) is 0 Å². The van der Waals surface area contributed by atoms with Crippen LogP contribution in [0.3, 0.4) is 0 Å². The lowest BCUT2D eigenvalue weighted by atomic mass is 9.99. The Bertz CT molecular complexity index is 984. The quantitative estimate of drug-likeness (QED) is 0.676. The highest BCUT2D eigenvalue weighted by Crippen LogP contribution is 2.33. The molecule has 1 aliphatic rings. The van der Waals surface area contributed by atoms with E-state index in [1.165, 1.54) is 11.1 Å². The van der Waals surface area contributed by atoms with Crippen molar-refractivity contribution in [3.63, 3.8) is 0 Å². The molecule has 1 atom stereocenters. The van der Waals surface area contributed by atoms with Crippen molar-refractivity contribution in [2.75, 3.05) is 26.0 Å². The smallest absolute Gasteiger partial charge is 0.229 e. The first-order valence-corrected chi connectivity index (χ1v) is 9.55. The van der Waals surface area contributed by atoms with Crippen molar-refractivity contribution < 1.29 is 9.84 Å². The van der Waals surface area contributed by atoms with Crippen molar-refractivity contribution in [2.24, 2.45) is 0 Å². The zero-order valence-corrected chi connectivity index (χ0v) is 16.5. The van der Waals surface area contributed by atoms with E-state index in [1.54, 1.807) is 31.1 Å². The van der Waals surface area contributed by atoms with Gasteiger partial charge in [0.15, 0.2) is 5.65 Å². The number of fused-ring (bicyclic) bond motifs is 2. The van der Waals surface area contributed by atoms with Crippen molar-refractivity contribution in [3.05, 3.63) is 35.7 Å². The van der Waals surface area contributed by atoms with Crippen LogP contribution in [-0.2, 0) is 19.5 Å². The van der Waals surface area contributed by atoms with Gasteiger partial charge in [0, 0.05) is 25.8 Å². The van der Waals surface area contributed by atoms with E-state index in [4.69, 9.17) is 4.74 Å². The Morgan fingerprint density at radius 1 is 1.29 bits per heavy atom. The van der Waals surface area contributed by atoms with Crippen LogP contribution in [0.2, 0.25) is 0 Å². The van der Waals surface area contributed by atoms with Gasteiger partial charge in [-0.05, 0) is 50.1 Å². The molecule has 3 aromatic rings. The molecular weight excluding hydrogens is 356 g/mol. The van der Waals surface area contributed by atoms with E-state index in [9.17, 15) is 5.11 Å². The summed E-state index contributed by atoms with van der Waals surface area (Å²) in [5.41, 5.74) is 4.22. The molecule has 0 unspecified atom stereocenters. The van der Waals surface area contributed by atoms with E-state index >= 15 is 0 Å². The van der Waals surface area contributed by atoms with E-state index in [0.29, 0.717) is 18.9 Å². The van der Waals surface area contributed by atoms with Crippen LogP contribution in [0.1, 0.15) is 24.5 Å². The Morgan fingerprint density at radius 2 is 2.14 bits per heavy atom. The third-order valence-corrected chi connectivity index (χ3v) is 5.11. The molecule has 28 heavy (non-hydrogen) atoms. The molecule has 148 valence electrons. The standard InChI is InChI=1S/C20H26N6O2/c1-13(27)4-7-26-19-16(11-22-26)10-21-20(24-19)23-17-8-15-12-25(2)6-5-14(15)9-18(17)28-3/h8-11,13,27H,4-7,12H2,1-3H3,(H,21,23,24)/t13-/m0/s1. The second-order valence-corrected chi connectivity index (χ2v) is 7.41. The summed E-state index contributed by atoms with van der Waals surface area (Å²) in [6.07, 6.45) is 4.77. The maximum Gasteiger partial charge on any atom is 0.229 e. The normalized spacial score (nSPS) is 15.4. The van der Waals surface area contributed by atoms with Gasteiger partial charge in [-0.2, -0.15) is 10.1 Å². The third kappa shape index (κ3) is 3.79.